The number of phenolic OH excluding ortho intramolecular Hbond substituents is 2. The Labute approximate surface area is 653 Å². The van der Waals surface area contributed by atoms with Gasteiger partial charge in [0.05, 0.1) is 81.8 Å². The molecule has 0 atom stereocenters. The summed E-state index contributed by atoms with van der Waals surface area (Å²) in [6, 6.07) is 28.4. The van der Waals surface area contributed by atoms with E-state index in [0.29, 0.717) is 139 Å². The molecule has 0 spiro atoms. The summed E-state index contributed by atoms with van der Waals surface area (Å²) in [7, 11) is 0. The van der Waals surface area contributed by atoms with Crippen LogP contribution in [0.4, 0.5) is 0 Å². The predicted molar refractivity (Wildman–Crippen MR) is 404 cm³/mol. The highest BCUT2D eigenvalue weighted by atomic mass is 16.6. The summed E-state index contributed by atoms with van der Waals surface area (Å²) in [5.41, 5.74) is 2.49. The van der Waals surface area contributed by atoms with Gasteiger partial charge in [-0.25, -0.2) is 33.6 Å². The van der Waals surface area contributed by atoms with Crippen LogP contribution < -0.4 is 23.7 Å². The number of ether oxygens (including phenoxy) is 12. The summed E-state index contributed by atoms with van der Waals surface area (Å²) in [6.45, 7) is 17.7. The number of phenols is 2. The number of hydrogen-bond acceptors (Lipinski definition) is 27. The van der Waals surface area contributed by atoms with Crippen molar-refractivity contribution >= 4 is 77.6 Å². The molecule has 3 aliphatic rings. The molecule has 28 nitrogen and oxygen atoms in total. The predicted octanol–water partition coefficient (Wildman–Crippen LogP) is 12.0. The molecular weight excluding hydrogens is 1470 g/mol. The third-order valence-corrected chi connectivity index (χ3v) is 18.2. The van der Waals surface area contributed by atoms with Gasteiger partial charge < -0.3 is 72.2 Å². The van der Waals surface area contributed by atoms with E-state index in [9.17, 15) is 72.5 Å². The molecule has 113 heavy (non-hydrogen) atoms. The fourth-order valence-corrected chi connectivity index (χ4v) is 11.7. The first kappa shape index (κ1) is 89.4. The Morgan fingerprint density at radius 2 is 0.584 bits per heavy atom. The molecule has 3 N–H and O–H groups in total. The molecule has 8 rings (SSSR count). The number of carbonyl (C=O) groups excluding carboxylic acids is 12. The molecule has 602 valence electrons. The van der Waals surface area contributed by atoms with Gasteiger partial charge in [-0.05, 0) is 192 Å². The minimum Gasteiger partial charge on any atom is -0.508 e. The van der Waals surface area contributed by atoms with Crippen molar-refractivity contribution in [2.75, 3.05) is 46.2 Å². The van der Waals surface area contributed by atoms with Crippen molar-refractivity contribution < 1.29 is 134 Å². The summed E-state index contributed by atoms with van der Waals surface area (Å²) in [5, 5.41) is 27.7. The number of aromatic hydroxyl groups is 2. The van der Waals surface area contributed by atoms with Crippen LogP contribution in [0.3, 0.4) is 0 Å². The van der Waals surface area contributed by atoms with E-state index in [-0.39, 0.29) is 98.2 Å². The molecule has 28 heteroatoms. The summed E-state index contributed by atoms with van der Waals surface area (Å²) >= 11 is 0. The van der Waals surface area contributed by atoms with Crippen molar-refractivity contribution in [3.63, 3.8) is 0 Å². The van der Waals surface area contributed by atoms with E-state index in [2.05, 4.69) is 32.9 Å². The van der Waals surface area contributed by atoms with Gasteiger partial charge in [-0.1, -0.05) is 69.3 Å². The fraction of sp³-hybridized carbons (Fsp3) is 0.376. The highest BCUT2D eigenvalue weighted by Gasteiger charge is 2.36. The number of carboxylic acids is 1. The lowest BCUT2D eigenvalue weighted by molar-refractivity contribution is -0.146. The maximum absolute atomic E-state index is 13.5. The van der Waals surface area contributed by atoms with Crippen LogP contribution in [-0.4, -0.2) is 139 Å². The third kappa shape index (κ3) is 32.2. The van der Waals surface area contributed by atoms with Crippen LogP contribution >= 0.6 is 0 Å². The molecule has 0 amide bonds. The van der Waals surface area contributed by atoms with Crippen molar-refractivity contribution in [1.29, 1.82) is 0 Å². The monoisotopic (exact) mass is 1560 g/mol. The summed E-state index contributed by atoms with van der Waals surface area (Å²) < 4.78 is 63.1. The van der Waals surface area contributed by atoms with Gasteiger partial charge in [0, 0.05) is 49.6 Å². The zero-order valence-corrected chi connectivity index (χ0v) is 62.7. The molecule has 5 aromatic carbocycles. The van der Waals surface area contributed by atoms with Crippen molar-refractivity contribution in [1.82, 2.24) is 0 Å². The zero-order chi connectivity index (χ0) is 82.0. The Bertz CT molecular complexity index is 4110. The van der Waals surface area contributed by atoms with E-state index in [1.165, 1.54) is 30.3 Å². The third-order valence-electron chi connectivity index (χ3n) is 18.2. The molecule has 0 radical (unpaired) electrons. The summed E-state index contributed by atoms with van der Waals surface area (Å²) in [5.74, 6) is -9.04. The molecule has 0 heterocycles. The average molecular weight is 1560 g/mol. The molecule has 5 aromatic rings. The van der Waals surface area contributed by atoms with Crippen LogP contribution in [0.1, 0.15) is 140 Å². The number of carbonyl (C=O) groups is 13. The van der Waals surface area contributed by atoms with Crippen LogP contribution in [0.5, 0.6) is 40.2 Å². The Morgan fingerprint density at radius 3 is 0.903 bits per heavy atom. The van der Waals surface area contributed by atoms with Gasteiger partial charge in [0.2, 0.25) is 0 Å². The second-order valence-corrected chi connectivity index (χ2v) is 26.2. The number of unbranched alkanes of at least 4 members (excludes halogenated alkanes) is 2. The van der Waals surface area contributed by atoms with E-state index in [1.54, 1.807) is 60.7 Å². The highest BCUT2D eigenvalue weighted by molar-refractivity contribution is 5.95. The van der Waals surface area contributed by atoms with Crippen LogP contribution in [0.15, 0.2) is 172 Å². The number of carboxylic acid groups (broad SMARTS) is 1. The van der Waals surface area contributed by atoms with Crippen molar-refractivity contribution in [3.05, 3.63) is 200 Å². The fourth-order valence-electron chi connectivity index (χ4n) is 11.7. The first-order chi connectivity index (χ1) is 54.4. The molecule has 3 fully saturated rings. The SMILES string of the molecule is C=CC(=O)OCCCCOC(=O)c1cc(O)ccc1O.C=CC(=O)OCCCCOC(=O)c1cc(OC(=O)C2CCC(C(=O)Oc3ccc(CCOC(=O)C=C)cc3)CC2)ccc1OC(=O)C1CCC(C(=O)Oc2ccc(CCOC(=O)C=C)cc2)CC1.C=CC(=O)OCCc1ccc(OC(=O)C2CCC(C(=O)O)CC2)cc1. The minimum atomic E-state index is -0.841. The van der Waals surface area contributed by atoms with Crippen LogP contribution in [0, 0.1) is 35.5 Å². The molecular formula is C85H94O28. The second-order valence-electron chi connectivity index (χ2n) is 26.2. The van der Waals surface area contributed by atoms with Crippen molar-refractivity contribution in [2.24, 2.45) is 35.5 Å². The number of aliphatic carboxylic acids is 1. The van der Waals surface area contributed by atoms with Gasteiger partial charge in [-0.3, -0.25) is 28.8 Å². The van der Waals surface area contributed by atoms with Crippen molar-refractivity contribution in [2.45, 2.75) is 122 Å². The first-order valence-electron chi connectivity index (χ1n) is 36.9. The number of esters is 12. The van der Waals surface area contributed by atoms with Gasteiger partial charge in [-0.2, -0.15) is 0 Å². The van der Waals surface area contributed by atoms with Crippen LogP contribution in [0.2, 0.25) is 0 Å². The summed E-state index contributed by atoms with van der Waals surface area (Å²) in [4.78, 5) is 157. The Morgan fingerprint density at radius 1 is 0.310 bits per heavy atom. The van der Waals surface area contributed by atoms with Gasteiger partial charge in [0.1, 0.15) is 51.4 Å². The van der Waals surface area contributed by atoms with Gasteiger partial charge in [0.25, 0.3) is 0 Å². The molecule has 0 unspecified atom stereocenters. The maximum Gasteiger partial charge on any atom is 0.342 e. The molecule has 0 aliphatic heterocycles. The van der Waals surface area contributed by atoms with Gasteiger partial charge in [0.15, 0.2) is 0 Å². The van der Waals surface area contributed by atoms with E-state index in [0.717, 1.165) is 53.1 Å². The Hall–Kier alpha value is -12.5. The zero-order valence-electron chi connectivity index (χ0n) is 62.7. The lowest BCUT2D eigenvalue weighted by Crippen LogP contribution is -2.31. The van der Waals surface area contributed by atoms with Gasteiger partial charge in [-0.15, -0.1) is 0 Å². The Kier molecular flexibility index (Phi) is 38.2. The maximum atomic E-state index is 13.5. The lowest BCUT2D eigenvalue weighted by Gasteiger charge is -2.26. The molecule has 0 saturated heterocycles. The number of hydrogen-bond donors (Lipinski definition) is 3. The second kappa shape index (κ2) is 48.2. The number of benzene rings is 5. The van der Waals surface area contributed by atoms with Crippen molar-refractivity contribution in [3.8, 4) is 40.2 Å². The normalized spacial score (nSPS) is 16.6. The summed E-state index contributed by atoms with van der Waals surface area (Å²) in [6.07, 6.45) is 13.8. The van der Waals surface area contributed by atoms with Crippen LogP contribution in [0.25, 0.3) is 0 Å². The van der Waals surface area contributed by atoms with E-state index >= 15 is 0 Å². The largest absolute Gasteiger partial charge is 0.508 e. The highest BCUT2D eigenvalue weighted by Crippen LogP contribution is 2.36. The first-order valence-corrected chi connectivity index (χ1v) is 36.9. The molecule has 0 bridgehead atoms. The average Bonchev–Trinajstić information content (AvgIpc) is 0.814. The van der Waals surface area contributed by atoms with E-state index in [4.69, 9.17) is 61.9 Å². The number of rotatable bonds is 37. The van der Waals surface area contributed by atoms with Gasteiger partial charge >= 0.3 is 77.6 Å². The molecule has 3 saturated carbocycles. The van der Waals surface area contributed by atoms with Crippen LogP contribution in [-0.2, 0) is 105 Å². The molecule has 0 aromatic heterocycles. The topological polar surface area (TPSA) is 393 Å². The minimum absolute atomic E-state index is 0.0182. The Balaban J connectivity index is 0.000000356. The lowest BCUT2D eigenvalue weighted by atomic mass is 9.82. The standard InChI is InChI=1S/C52H56O16.C19H22O6.C14H16O6/c1-4-45(53)61-29-7-8-30-64-52(60)43-33-42(67-50(58)38-15-13-36(14-16-38)48(56)65-40-21-9-34(10-22-40)27-31-62-46(54)5-2)25-26-44(43)68-51(59)39-19-17-37(18-20-39)49(57)66-41-23-11-35(12-24-41)28-32-63-47(55)6-3;1-2-17(20)24-12-11-13-3-9-16(10-4-13)25-19(23)15-7-5-14(6-8-15)18(21)22;1-2-13(17)19-7-3-4-8-20-14(18)11-9-10(15)5-6-12(11)16/h4-6,9-12,21-26,33,36-39H,1-3,7-8,13-20,27-32H2;2-4,9-10,14-15H,1,5-8,11-12H2,(H,21,22);2,5-6,9,15-16H,1,3-4,7-8H2. The van der Waals surface area contributed by atoms with E-state index in [1.807, 2.05) is 12.1 Å². The van der Waals surface area contributed by atoms with E-state index < -0.39 is 95.3 Å². The quantitative estimate of drug-likeness (QED) is 0.00830. The smallest absolute Gasteiger partial charge is 0.342 e. The molecule has 3 aliphatic carbocycles.